The van der Waals surface area contributed by atoms with Crippen molar-refractivity contribution in [1.82, 2.24) is 19.9 Å². The van der Waals surface area contributed by atoms with Crippen LogP contribution >= 0.6 is 0 Å². The molecule has 0 aromatic carbocycles. The van der Waals surface area contributed by atoms with E-state index in [0.29, 0.717) is 12.2 Å². The first kappa shape index (κ1) is 13.0. The van der Waals surface area contributed by atoms with E-state index in [1.165, 1.54) is 4.68 Å². The van der Waals surface area contributed by atoms with Crippen molar-refractivity contribution in [3.8, 4) is 0 Å². The van der Waals surface area contributed by atoms with Crippen molar-refractivity contribution in [2.24, 2.45) is 5.73 Å². The van der Waals surface area contributed by atoms with E-state index in [-0.39, 0.29) is 18.5 Å². The summed E-state index contributed by atoms with van der Waals surface area (Å²) in [6.45, 7) is 2.00. The number of hydrogen-bond acceptors (Lipinski definition) is 5. The molecule has 7 heteroatoms. The summed E-state index contributed by atoms with van der Waals surface area (Å²) in [5, 5.41) is 7.73. The van der Waals surface area contributed by atoms with Gasteiger partial charge in [-0.3, -0.25) is 4.79 Å². The van der Waals surface area contributed by atoms with Crippen molar-refractivity contribution < 1.29 is 9.53 Å². The second-order valence-electron chi connectivity index (χ2n) is 4.46. The molecule has 0 radical (unpaired) electrons. The maximum atomic E-state index is 12.1. The summed E-state index contributed by atoms with van der Waals surface area (Å²) in [5.74, 6) is 0.0374. The van der Waals surface area contributed by atoms with E-state index in [9.17, 15) is 4.79 Å². The lowest BCUT2D eigenvalue weighted by molar-refractivity contribution is -0.134. The quantitative estimate of drug-likeness (QED) is 0.772. The Morgan fingerprint density at radius 2 is 2.33 bits per heavy atom. The number of aromatic nitrogens is 3. The van der Waals surface area contributed by atoms with Crippen LogP contribution in [0.15, 0.2) is 6.20 Å². The standard InChI is InChI=1S/C11H19N5O2/c1-15(10-2-4-18-5-3-10)11(17)8-16-7-9(6-12)13-14-16/h7,10H,2-6,8,12H2,1H3. The van der Waals surface area contributed by atoms with Gasteiger partial charge in [-0.25, -0.2) is 4.68 Å². The summed E-state index contributed by atoms with van der Waals surface area (Å²) in [5.41, 5.74) is 6.14. The monoisotopic (exact) mass is 253 g/mol. The summed E-state index contributed by atoms with van der Waals surface area (Å²) in [7, 11) is 1.83. The summed E-state index contributed by atoms with van der Waals surface area (Å²) >= 11 is 0. The van der Waals surface area contributed by atoms with Gasteiger partial charge in [-0.1, -0.05) is 5.21 Å². The summed E-state index contributed by atoms with van der Waals surface area (Å²) in [6.07, 6.45) is 3.50. The lowest BCUT2D eigenvalue weighted by Crippen LogP contribution is -2.42. The minimum Gasteiger partial charge on any atom is -0.381 e. The molecule has 2 rings (SSSR count). The van der Waals surface area contributed by atoms with Crippen LogP contribution in [0.25, 0.3) is 0 Å². The van der Waals surface area contributed by atoms with E-state index < -0.39 is 0 Å². The van der Waals surface area contributed by atoms with Gasteiger partial charge in [0.1, 0.15) is 6.54 Å². The highest BCUT2D eigenvalue weighted by atomic mass is 16.5. The van der Waals surface area contributed by atoms with Crippen molar-refractivity contribution in [3.63, 3.8) is 0 Å². The highest BCUT2D eigenvalue weighted by Crippen LogP contribution is 2.13. The fraction of sp³-hybridized carbons (Fsp3) is 0.727. The van der Waals surface area contributed by atoms with Gasteiger partial charge in [-0.2, -0.15) is 0 Å². The number of hydrogen-bond donors (Lipinski definition) is 1. The molecule has 2 N–H and O–H groups in total. The number of nitrogens with two attached hydrogens (primary N) is 1. The maximum absolute atomic E-state index is 12.1. The summed E-state index contributed by atoms with van der Waals surface area (Å²) in [6, 6.07) is 0.267. The van der Waals surface area contributed by atoms with Gasteiger partial charge in [0, 0.05) is 32.8 Å². The number of ether oxygens (including phenoxy) is 1. The minimum absolute atomic E-state index is 0.0374. The van der Waals surface area contributed by atoms with Gasteiger partial charge < -0.3 is 15.4 Å². The zero-order valence-corrected chi connectivity index (χ0v) is 10.6. The van der Waals surface area contributed by atoms with Crippen molar-refractivity contribution in [1.29, 1.82) is 0 Å². The first-order chi connectivity index (χ1) is 8.70. The predicted octanol–water partition coefficient (Wildman–Crippen LogP) is -0.626. The molecule has 0 atom stereocenters. The molecule has 7 nitrogen and oxygen atoms in total. The predicted molar refractivity (Wildman–Crippen MR) is 64.5 cm³/mol. The van der Waals surface area contributed by atoms with E-state index in [2.05, 4.69) is 10.3 Å². The Labute approximate surface area is 106 Å². The van der Waals surface area contributed by atoms with Crippen molar-refractivity contribution in [3.05, 3.63) is 11.9 Å². The molecule has 0 bridgehead atoms. The van der Waals surface area contributed by atoms with Crippen LogP contribution < -0.4 is 5.73 Å². The van der Waals surface area contributed by atoms with Crippen molar-refractivity contribution >= 4 is 5.91 Å². The molecule has 0 aliphatic carbocycles. The molecule has 1 amide bonds. The molecule has 2 heterocycles. The van der Waals surface area contributed by atoms with Gasteiger partial charge in [-0.05, 0) is 12.8 Å². The van der Waals surface area contributed by atoms with Crippen LogP contribution in [0.3, 0.4) is 0 Å². The summed E-state index contributed by atoms with van der Waals surface area (Å²) < 4.78 is 6.81. The van der Waals surface area contributed by atoms with E-state index in [1.54, 1.807) is 11.1 Å². The number of amides is 1. The lowest BCUT2D eigenvalue weighted by Gasteiger charge is -2.31. The second kappa shape index (κ2) is 5.92. The molecular formula is C11H19N5O2. The first-order valence-corrected chi connectivity index (χ1v) is 6.13. The Hall–Kier alpha value is -1.47. The Morgan fingerprint density at radius 1 is 1.61 bits per heavy atom. The SMILES string of the molecule is CN(C(=O)Cn1cc(CN)nn1)C1CCOCC1. The van der Waals surface area contributed by atoms with Gasteiger partial charge in [-0.15, -0.1) is 5.10 Å². The van der Waals surface area contributed by atoms with E-state index >= 15 is 0 Å². The topological polar surface area (TPSA) is 86.3 Å². The molecule has 0 saturated carbocycles. The number of likely N-dealkylation sites (N-methyl/N-ethyl adjacent to an activating group) is 1. The molecular weight excluding hydrogens is 234 g/mol. The summed E-state index contributed by atoms with van der Waals surface area (Å²) in [4.78, 5) is 13.9. The van der Waals surface area contributed by atoms with Crippen LogP contribution in [-0.2, 0) is 22.6 Å². The molecule has 1 saturated heterocycles. The van der Waals surface area contributed by atoms with Crippen LogP contribution in [0.2, 0.25) is 0 Å². The number of nitrogens with zero attached hydrogens (tertiary/aromatic N) is 4. The third-order valence-corrected chi connectivity index (χ3v) is 3.22. The highest BCUT2D eigenvalue weighted by Gasteiger charge is 2.22. The first-order valence-electron chi connectivity index (χ1n) is 6.13. The third kappa shape index (κ3) is 3.05. The molecule has 100 valence electrons. The average Bonchev–Trinajstić information content (AvgIpc) is 2.86. The fourth-order valence-electron chi connectivity index (χ4n) is 2.04. The molecule has 0 unspecified atom stereocenters. The van der Waals surface area contributed by atoms with Gasteiger partial charge in [0.05, 0.1) is 11.9 Å². The van der Waals surface area contributed by atoms with Gasteiger partial charge in [0.25, 0.3) is 0 Å². The molecule has 1 fully saturated rings. The smallest absolute Gasteiger partial charge is 0.244 e. The Bertz CT molecular complexity index is 400. The molecule has 1 aliphatic heterocycles. The molecule has 1 aromatic rings. The number of carbonyl (C=O) groups is 1. The molecule has 18 heavy (non-hydrogen) atoms. The van der Waals surface area contributed by atoms with Gasteiger partial charge in [0.15, 0.2) is 0 Å². The van der Waals surface area contributed by atoms with E-state index in [1.807, 2.05) is 7.05 Å². The maximum Gasteiger partial charge on any atom is 0.244 e. The van der Waals surface area contributed by atoms with Gasteiger partial charge in [0.2, 0.25) is 5.91 Å². The Balaban J connectivity index is 1.90. The Morgan fingerprint density at radius 3 is 2.94 bits per heavy atom. The normalized spacial score (nSPS) is 16.8. The van der Waals surface area contributed by atoms with E-state index in [0.717, 1.165) is 26.1 Å². The average molecular weight is 253 g/mol. The zero-order valence-electron chi connectivity index (χ0n) is 10.6. The van der Waals surface area contributed by atoms with Crippen LogP contribution in [0.4, 0.5) is 0 Å². The highest BCUT2D eigenvalue weighted by molar-refractivity contribution is 5.75. The van der Waals surface area contributed by atoms with Crippen LogP contribution in [0.1, 0.15) is 18.5 Å². The Kier molecular flexibility index (Phi) is 4.27. The molecule has 1 aliphatic rings. The number of carbonyl (C=O) groups excluding carboxylic acids is 1. The van der Waals surface area contributed by atoms with Gasteiger partial charge >= 0.3 is 0 Å². The largest absolute Gasteiger partial charge is 0.381 e. The third-order valence-electron chi connectivity index (χ3n) is 3.22. The minimum atomic E-state index is 0.0374. The van der Waals surface area contributed by atoms with Crippen molar-refractivity contribution in [2.75, 3.05) is 20.3 Å². The fourth-order valence-corrected chi connectivity index (χ4v) is 2.04. The van der Waals surface area contributed by atoms with Crippen LogP contribution in [0.5, 0.6) is 0 Å². The molecule has 1 aromatic heterocycles. The second-order valence-corrected chi connectivity index (χ2v) is 4.46. The molecule has 0 spiro atoms. The van der Waals surface area contributed by atoms with E-state index in [4.69, 9.17) is 10.5 Å². The van der Waals surface area contributed by atoms with Crippen LogP contribution in [-0.4, -0.2) is 52.1 Å². The van der Waals surface area contributed by atoms with Crippen molar-refractivity contribution in [2.45, 2.75) is 32.0 Å². The van der Waals surface area contributed by atoms with Crippen LogP contribution in [0, 0.1) is 0 Å². The lowest BCUT2D eigenvalue weighted by atomic mass is 10.1. The zero-order chi connectivity index (χ0) is 13.0. The number of rotatable bonds is 4.